The molecule has 224 valence electrons. The third kappa shape index (κ3) is 6.11. The molecule has 5 unspecified atom stereocenters. The molecule has 5 rings (SSSR count). The van der Waals surface area contributed by atoms with Crippen molar-refractivity contribution in [3.63, 3.8) is 0 Å². The Morgan fingerprint density at radius 2 is 1.75 bits per heavy atom. The Kier molecular flexibility index (Phi) is 8.91. The number of hydrogen-bond acceptors (Lipinski definition) is 13. The van der Waals surface area contributed by atoms with Gasteiger partial charge in [0.1, 0.15) is 41.8 Å². The predicted octanol–water partition coefficient (Wildman–Crippen LogP) is 1.93. The van der Waals surface area contributed by atoms with Crippen molar-refractivity contribution in [3.8, 4) is 23.2 Å². The number of nitrogens with two attached hydrogens (primary N) is 1. The van der Waals surface area contributed by atoms with Crippen LogP contribution in [0, 0.1) is 22.1 Å². The first kappa shape index (κ1) is 30.2. The zero-order valence-corrected chi connectivity index (χ0v) is 23.1. The lowest BCUT2D eigenvalue weighted by molar-refractivity contribution is -0.277. The van der Waals surface area contributed by atoms with Gasteiger partial charge >= 0.3 is 0 Å². The summed E-state index contributed by atoms with van der Waals surface area (Å²) in [5.74, 6) is 0.402. The second-order valence-electron chi connectivity index (χ2n) is 9.92. The van der Waals surface area contributed by atoms with E-state index in [1.807, 2.05) is 6.07 Å². The highest BCUT2D eigenvalue weighted by Crippen LogP contribution is 2.33. The van der Waals surface area contributed by atoms with Crippen LogP contribution >= 0.6 is 0 Å². The molecule has 1 aliphatic rings. The Labute approximate surface area is 251 Å². The van der Waals surface area contributed by atoms with E-state index >= 15 is 0 Å². The van der Waals surface area contributed by atoms with Crippen LogP contribution in [0.3, 0.4) is 0 Å². The molecule has 13 heteroatoms. The molecule has 0 spiro atoms. The van der Waals surface area contributed by atoms with Crippen LogP contribution in [0.15, 0.2) is 72.8 Å². The van der Waals surface area contributed by atoms with Crippen LogP contribution in [-0.4, -0.2) is 79.6 Å². The standard InChI is InChI=1S/C31H29N7O6/c32-13-16-6-9-19(10-7-16)36-30-23(24(34)17-4-2-1-3-5-17)28(35)37-29(38-30)21-12-20(11-8-18(21)14-33)43-31-27(42)26(41)25(40)22(15-39)44-31/h1-12,14,22,25-27,31,33-34,39-42H,15H2,(H3,35,36,37,38). The summed E-state index contributed by atoms with van der Waals surface area (Å²) in [4.78, 5) is 9.17. The van der Waals surface area contributed by atoms with E-state index in [4.69, 9.17) is 31.0 Å². The van der Waals surface area contributed by atoms with Gasteiger partial charge in [-0.3, -0.25) is 5.41 Å². The smallest absolute Gasteiger partial charge is 0.229 e. The lowest BCUT2D eigenvalue weighted by Crippen LogP contribution is -2.60. The van der Waals surface area contributed by atoms with Gasteiger partial charge in [0.2, 0.25) is 6.29 Å². The van der Waals surface area contributed by atoms with E-state index in [2.05, 4.69) is 16.4 Å². The Morgan fingerprint density at radius 1 is 1.02 bits per heavy atom. The van der Waals surface area contributed by atoms with Crippen LogP contribution in [0.4, 0.5) is 17.3 Å². The summed E-state index contributed by atoms with van der Waals surface area (Å²) in [6.07, 6.45) is -6.31. The van der Waals surface area contributed by atoms with E-state index in [0.717, 1.165) is 6.21 Å². The maximum atomic E-state index is 10.4. The predicted molar refractivity (Wildman–Crippen MR) is 161 cm³/mol. The molecule has 1 fully saturated rings. The first-order valence-electron chi connectivity index (χ1n) is 13.4. The molecule has 1 saturated heterocycles. The Balaban J connectivity index is 1.57. The molecule has 1 aromatic heterocycles. The highest BCUT2D eigenvalue weighted by Gasteiger charge is 2.44. The molecule has 5 atom stereocenters. The quantitative estimate of drug-likeness (QED) is 0.130. The molecular weight excluding hydrogens is 566 g/mol. The molecule has 3 aromatic carbocycles. The van der Waals surface area contributed by atoms with Gasteiger partial charge in [0, 0.05) is 28.6 Å². The molecule has 9 N–H and O–H groups in total. The molecule has 0 bridgehead atoms. The van der Waals surface area contributed by atoms with Crippen LogP contribution in [-0.2, 0) is 4.74 Å². The Bertz CT molecular complexity index is 1710. The molecule has 44 heavy (non-hydrogen) atoms. The summed E-state index contributed by atoms with van der Waals surface area (Å²) < 4.78 is 11.2. The Hall–Kier alpha value is -5.23. The molecule has 2 heterocycles. The fraction of sp³-hybridized carbons (Fsp3) is 0.194. The SMILES string of the molecule is N#Cc1ccc(Nc2nc(-c3cc(OC4OC(CO)C(O)C(O)C4O)ccc3C=N)nc(N)c2C(=N)c2ccccc2)cc1. The third-order valence-corrected chi connectivity index (χ3v) is 7.05. The molecule has 0 radical (unpaired) electrons. The van der Waals surface area contributed by atoms with Crippen molar-refractivity contribution in [2.75, 3.05) is 17.7 Å². The lowest BCUT2D eigenvalue weighted by atomic mass is 9.99. The van der Waals surface area contributed by atoms with Crippen LogP contribution in [0.25, 0.3) is 11.4 Å². The number of nitrogen functional groups attached to an aromatic ring is 1. The van der Waals surface area contributed by atoms with E-state index in [-0.39, 0.29) is 34.5 Å². The van der Waals surface area contributed by atoms with Crippen LogP contribution in [0.2, 0.25) is 0 Å². The maximum absolute atomic E-state index is 10.4. The zero-order valence-electron chi connectivity index (χ0n) is 23.1. The fourth-order valence-corrected chi connectivity index (χ4v) is 4.68. The number of nitrogens with zero attached hydrogens (tertiary/aromatic N) is 3. The number of hydrogen-bond donors (Lipinski definition) is 8. The van der Waals surface area contributed by atoms with Crippen LogP contribution < -0.4 is 15.8 Å². The summed E-state index contributed by atoms with van der Waals surface area (Å²) >= 11 is 0. The van der Waals surface area contributed by atoms with Gasteiger partial charge in [0.25, 0.3) is 0 Å². The van der Waals surface area contributed by atoms with Crippen molar-refractivity contribution in [2.45, 2.75) is 30.7 Å². The van der Waals surface area contributed by atoms with Crippen molar-refractivity contribution in [2.24, 2.45) is 0 Å². The minimum atomic E-state index is -1.63. The van der Waals surface area contributed by atoms with E-state index in [1.165, 1.54) is 12.1 Å². The number of aliphatic hydroxyl groups excluding tert-OH is 4. The number of aliphatic hydroxyl groups is 4. The minimum Gasteiger partial charge on any atom is -0.462 e. The first-order chi connectivity index (χ1) is 21.2. The second kappa shape index (κ2) is 13.0. The van der Waals surface area contributed by atoms with Gasteiger partial charge < -0.3 is 46.4 Å². The summed E-state index contributed by atoms with van der Waals surface area (Å²) in [6, 6.07) is 22.2. The van der Waals surface area contributed by atoms with E-state index in [9.17, 15) is 25.7 Å². The first-order valence-corrected chi connectivity index (χ1v) is 13.4. The summed E-state index contributed by atoms with van der Waals surface area (Å²) in [6.45, 7) is -0.616. The van der Waals surface area contributed by atoms with Gasteiger partial charge in [-0.2, -0.15) is 5.26 Å². The average Bonchev–Trinajstić information content (AvgIpc) is 3.05. The van der Waals surface area contributed by atoms with E-state index < -0.39 is 37.3 Å². The normalized spacial score (nSPS) is 21.2. The number of ether oxygens (including phenoxy) is 2. The molecular formula is C31H29N7O6. The number of anilines is 3. The van der Waals surface area contributed by atoms with Crippen molar-refractivity contribution in [1.82, 2.24) is 9.97 Å². The summed E-state index contributed by atoms with van der Waals surface area (Å²) in [5, 5.41) is 69.4. The molecule has 1 aliphatic heterocycles. The maximum Gasteiger partial charge on any atom is 0.229 e. The van der Waals surface area contributed by atoms with Gasteiger partial charge in [-0.05, 0) is 42.5 Å². The van der Waals surface area contributed by atoms with Gasteiger partial charge in [-0.1, -0.05) is 30.3 Å². The number of nitriles is 1. The van der Waals surface area contributed by atoms with E-state index in [0.29, 0.717) is 27.9 Å². The number of rotatable bonds is 9. The fourth-order valence-electron chi connectivity index (χ4n) is 4.68. The van der Waals surface area contributed by atoms with Crippen molar-refractivity contribution >= 4 is 29.2 Å². The molecule has 0 saturated carbocycles. The van der Waals surface area contributed by atoms with Crippen LogP contribution in [0.1, 0.15) is 22.3 Å². The summed E-state index contributed by atoms with van der Waals surface area (Å²) in [5.41, 5.74) is 9.07. The second-order valence-corrected chi connectivity index (χ2v) is 9.92. The molecule has 0 aliphatic carbocycles. The van der Waals surface area contributed by atoms with Crippen molar-refractivity contribution in [3.05, 3.63) is 95.1 Å². The average molecular weight is 596 g/mol. The number of nitrogens with one attached hydrogen (secondary N) is 3. The van der Waals surface area contributed by atoms with Gasteiger partial charge in [-0.15, -0.1) is 0 Å². The largest absolute Gasteiger partial charge is 0.462 e. The number of benzene rings is 3. The lowest BCUT2D eigenvalue weighted by Gasteiger charge is -2.39. The summed E-state index contributed by atoms with van der Waals surface area (Å²) in [7, 11) is 0. The molecule has 4 aromatic rings. The molecule has 13 nitrogen and oxygen atoms in total. The van der Waals surface area contributed by atoms with Gasteiger partial charge in [-0.25, -0.2) is 9.97 Å². The number of aromatic nitrogens is 2. The highest BCUT2D eigenvalue weighted by atomic mass is 16.7. The monoisotopic (exact) mass is 595 g/mol. The van der Waals surface area contributed by atoms with E-state index in [1.54, 1.807) is 54.6 Å². The zero-order chi connectivity index (χ0) is 31.4. The van der Waals surface area contributed by atoms with Crippen LogP contribution in [0.5, 0.6) is 5.75 Å². The van der Waals surface area contributed by atoms with Crippen molar-refractivity contribution < 1.29 is 29.9 Å². The van der Waals surface area contributed by atoms with Gasteiger partial charge in [0.15, 0.2) is 5.82 Å². The Morgan fingerprint density at radius 3 is 2.41 bits per heavy atom. The third-order valence-electron chi connectivity index (χ3n) is 7.05. The van der Waals surface area contributed by atoms with Gasteiger partial charge in [0.05, 0.1) is 29.5 Å². The van der Waals surface area contributed by atoms with Crippen molar-refractivity contribution in [1.29, 1.82) is 16.1 Å². The molecule has 0 amide bonds. The highest BCUT2D eigenvalue weighted by molar-refractivity contribution is 6.16. The topological polar surface area (TPSA) is 235 Å². The minimum absolute atomic E-state index is 0.0174.